The molecule has 1 aliphatic carbocycles. The van der Waals surface area contributed by atoms with E-state index in [0.29, 0.717) is 0 Å². The first-order valence-corrected chi connectivity index (χ1v) is 8.68. The number of hydrogen-bond donors (Lipinski definition) is 0. The van der Waals surface area contributed by atoms with E-state index in [0.717, 1.165) is 37.7 Å². The summed E-state index contributed by atoms with van der Waals surface area (Å²) < 4.78 is 15.2. The molecule has 140 valence electrons. The Labute approximate surface area is 153 Å². The van der Waals surface area contributed by atoms with Gasteiger partial charge in [0.05, 0.1) is 0 Å². The molecule has 0 bridgehead atoms. The first kappa shape index (κ1) is 19.7. The molecule has 26 heavy (non-hydrogen) atoms. The lowest BCUT2D eigenvalue weighted by Crippen LogP contribution is -2.36. The van der Waals surface area contributed by atoms with Crippen molar-refractivity contribution in [2.45, 2.75) is 44.6 Å². The van der Waals surface area contributed by atoms with Crippen LogP contribution in [-0.4, -0.2) is 31.1 Å². The summed E-state index contributed by atoms with van der Waals surface area (Å²) in [6.07, 6.45) is 4.53. The first-order chi connectivity index (χ1) is 12.4. The first-order valence-electron chi connectivity index (χ1n) is 8.68. The maximum Gasteiger partial charge on any atom is 0.345 e. The molecule has 0 radical (unpaired) electrons. The molecule has 0 saturated heterocycles. The van der Waals surface area contributed by atoms with E-state index in [-0.39, 0.29) is 5.57 Å². The minimum atomic E-state index is -0.811. The molecule has 0 aromatic heterocycles. The second-order valence-electron chi connectivity index (χ2n) is 6.41. The molecule has 0 amide bonds. The van der Waals surface area contributed by atoms with Gasteiger partial charge in [-0.1, -0.05) is 43.3 Å². The Hall–Kier alpha value is -2.63. The topological polar surface area (TPSA) is 78.9 Å². The van der Waals surface area contributed by atoms with E-state index in [1.165, 1.54) is 6.92 Å². The van der Waals surface area contributed by atoms with E-state index in [1.54, 1.807) is 0 Å². The molecule has 0 spiro atoms. The van der Waals surface area contributed by atoms with Crippen LogP contribution < -0.4 is 0 Å². The van der Waals surface area contributed by atoms with Crippen molar-refractivity contribution in [1.29, 1.82) is 0 Å². The highest BCUT2D eigenvalue weighted by molar-refractivity contribution is 5.88. The molecule has 0 atom stereocenters. The highest BCUT2D eigenvalue weighted by Gasteiger charge is 2.37. The lowest BCUT2D eigenvalue weighted by Gasteiger charge is -2.37. The molecule has 0 heterocycles. The van der Waals surface area contributed by atoms with E-state index in [4.69, 9.17) is 9.47 Å². The van der Waals surface area contributed by atoms with Crippen molar-refractivity contribution >= 4 is 17.9 Å². The lowest BCUT2D eigenvalue weighted by atomic mass is 9.79. The monoisotopic (exact) mass is 360 g/mol. The lowest BCUT2D eigenvalue weighted by molar-refractivity contribution is -0.176. The Balaban J connectivity index is 1.89. The van der Waals surface area contributed by atoms with Crippen molar-refractivity contribution < 1.29 is 28.6 Å². The van der Waals surface area contributed by atoms with Crippen molar-refractivity contribution in [3.8, 4) is 0 Å². The third-order valence-electron chi connectivity index (χ3n) is 4.29. The summed E-state index contributed by atoms with van der Waals surface area (Å²) in [5, 5.41) is 0. The van der Waals surface area contributed by atoms with Crippen LogP contribution in [0.25, 0.3) is 0 Å². The van der Waals surface area contributed by atoms with Gasteiger partial charge in [0.25, 0.3) is 0 Å². The molecular weight excluding hydrogens is 336 g/mol. The van der Waals surface area contributed by atoms with Crippen molar-refractivity contribution in [2.24, 2.45) is 0 Å². The highest BCUT2D eigenvalue weighted by Crippen LogP contribution is 2.40. The highest BCUT2D eigenvalue weighted by atomic mass is 16.6. The van der Waals surface area contributed by atoms with Gasteiger partial charge in [-0.25, -0.2) is 14.4 Å². The van der Waals surface area contributed by atoms with Crippen molar-refractivity contribution in [2.75, 3.05) is 13.2 Å². The summed E-state index contributed by atoms with van der Waals surface area (Å²) in [6.45, 7) is 3.80. The van der Waals surface area contributed by atoms with Crippen LogP contribution in [0.3, 0.4) is 0 Å². The minimum Gasteiger partial charge on any atom is -0.452 e. The second kappa shape index (κ2) is 9.17. The van der Waals surface area contributed by atoms with Gasteiger partial charge in [0.2, 0.25) is 0 Å². The van der Waals surface area contributed by atoms with Crippen LogP contribution in [0, 0.1) is 0 Å². The average molecular weight is 360 g/mol. The molecular formula is C20H24O6. The molecule has 0 N–H and O–H groups in total. The summed E-state index contributed by atoms with van der Waals surface area (Å²) in [4.78, 5) is 35.0. The second-order valence-corrected chi connectivity index (χ2v) is 6.41. The van der Waals surface area contributed by atoms with Gasteiger partial charge in [-0.15, -0.1) is 0 Å². The third-order valence-corrected chi connectivity index (χ3v) is 4.29. The van der Waals surface area contributed by atoms with Gasteiger partial charge in [0.1, 0.15) is 5.60 Å². The normalized spacial score (nSPS) is 15.6. The van der Waals surface area contributed by atoms with E-state index in [1.807, 2.05) is 30.3 Å². The zero-order valence-electron chi connectivity index (χ0n) is 15.0. The van der Waals surface area contributed by atoms with E-state index in [2.05, 4.69) is 11.3 Å². The summed E-state index contributed by atoms with van der Waals surface area (Å²) in [5.41, 5.74) is 0.462. The van der Waals surface area contributed by atoms with Gasteiger partial charge >= 0.3 is 17.9 Å². The van der Waals surface area contributed by atoms with E-state index < -0.39 is 36.7 Å². The molecule has 6 nitrogen and oxygen atoms in total. The fourth-order valence-corrected chi connectivity index (χ4v) is 2.99. The largest absolute Gasteiger partial charge is 0.452 e. The quantitative estimate of drug-likeness (QED) is 0.422. The van der Waals surface area contributed by atoms with Crippen molar-refractivity contribution in [1.82, 2.24) is 0 Å². The zero-order valence-corrected chi connectivity index (χ0v) is 15.0. The van der Waals surface area contributed by atoms with Gasteiger partial charge in [0.15, 0.2) is 13.2 Å². The van der Waals surface area contributed by atoms with Gasteiger partial charge in [-0.2, -0.15) is 0 Å². The Kier molecular flexibility index (Phi) is 6.95. The summed E-state index contributed by atoms with van der Waals surface area (Å²) in [5.74, 6) is -2.11. The van der Waals surface area contributed by atoms with Gasteiger partial charge in [-0.05, 0) is 38.2 Å². The summed E-state index contributed by atoms with van der Waals surface area (Å²) in [6, 6.07) is 9.63. The van der Waals surface area contributed by atoms with Gasteiger partial charge in [0, 0.05) is 5.57 Å². The fourth-order valence-electron chi connectivity index (χ4n) is 2.99. The number of rotatable bonds is 7. The van der Waals surface area contributed by atoms with Crippen LogP contribution in [0.1, 0.15) is 44.6 Å². The molecule has 1 saturated carbocycles. The Morgan fingerprint density at radius 2 is 1.58 bits per heavy atom. The molecule has 0 aliphatic heterocycles. The predicted octanol–water partition coefficient (Wildman–Crippen LogP) is 3.05. The van der Waals surface area contributed by atoms with Crippen LogP contribution in [-0.2, 0) is 34.2 Å². The number of hydrogen-bond acceptors (Lipinski definition) is 6. The number of carbonyl (C=O) groups is 3. The predicted molar refractivity (Wildman–Crippen MR) is 94.0 cm³/mol. The Bertz CT molecular complexity index is 658. The maximum absolute atomic E-state index is 12.2. The molecule has 0 unspecified atom stereocenters. The van der Waals surface area contributed by atoms with Crippen LogP contribution in [0.4, 0.5) is 0 Å². The van der Waals surface area contributed by atoms with Gasteiger partial charge in [-0.3, -0.25) is 0 Å². The third kappa shape index (κ3) is 5.44. The number of esters is 3. The average Bonchev–Trinajstić information content (AvgIpc) is 2.65. The molecule has 1 aliphatic rings. The van der Waals surface area contributed by atoms with Crippen LogP contribution >= 0.6 is 0 Å². The number of ether oxygens (including phenoxy) is 3. The van der Waals surface area contributed by atoms with Crippen LogP contribution in [0.15, 0.2) is 42.5 Å². The minimum absolute atomic E-state index is 0.180. The number of carbonyl (C=O) groups excluding carboxylic acids is 3. The molecule has 1 fully saturated rings. The summed E-state index contributed by atoms with van der Waals surface area (Å²) in [7, 11) is 0. The molecule has 6 heteroatoms. The van der Waals surface area contributed by atoms with Crippen molar-refractivity contribution in [3.63, 3.8) is 0 Å². The smallest absolute Gasteiger partial charge is 0.345 e. The molecule has 1 aromatic carbocycles. The fraction of sp³-hybridized carbons (Fsp3) is 0.450. The summed E-state index contributed by atoms with van der Waals surface area (Å²) >= 11 is 0. The number of benzene rings is 1. The zero-order chi connectivity index (χ0) is 19.0. The SMILES string of the molecule is C=C(C)C(=O)OCC(=O)OCC(=O)OC1(c2ccccc2)CCCCC1. The Morgan fingerprint density at radius 3 is 2.19 bits per heavy atom. The maximum atomic E-state index is 12.2. The van der Waals surface area contributed by atoms with Gasteiger partial charge < -0.3 is 14.2 Å². The van der Waals surface area contributed by atoms with Crippen LogP contribution in [0.5, 0.6) is 0 Å². The molecule has 1 aromatic rings. The standard InChI is InChI=1S/C20H24O6/c1-15(2)19(23)25-13-17(21)24-14-18(22)26-20(11-7-4-8-12-20)16-9-5-3-6-10-16/h3,5-6,9-10H,1,4,7-8,11-14H2,2H3. The molecule has 2 rings (SSSR count). The van der Waals surface area contributed by atoms with Crippen LogP contribution in [0.2, 0.25) is 0 Å². The van der Waals surface area contributed by atoms with E-state index in [9.17, 15) is 14.4 Å². The Morgan fingerprint density at radius 1 is 0.962 bits per heavy atom. The van der Waals surface area contributed by atoms with Crippen molar-refractivity contribution in [3.05, 3.63) is 48.0 Å². The van der Waals surface area contributed by atoms with E-state index >= 15 is 0 Å².